The van der Waals surface area contributed by atoms with Crippen LogP contribution in [0.1, 0.15) is 20.8 Å². The van der Waals surface area contributed by atoms with Crippen molar-refractivity contribution >= 4 is 10.0 Å². The van der Waals surface area contributed by atoms with Gasteiger partial charge in [-0.05, 0) is 25.0 Å². The van der Waals surface area contributed by atoms with Crippen LogP contribution in [0.25, 0.3) is 0 Å². The second-order valence-electron chi connectivity index (χ2n) is 4.67. The highest BCUT2D eigenvalue weighted by atomic mass is 32.2. The van der Waals surface area contributed by atoms with Crippen molar-refractivity contribution in [1.82, 2.24) is 4.72 Å². The van der Waals surface area contributed by atoms with Gasteiger partial charge in [0.05, 0.1) is 14.2 Å². The minimum atomic E-state index is -3.63. The highest BCUT2D eigenvalue weighted by Crippen LogP contribution is 2.28. The molecule has 19 heavy (non-hydrogen) atoms. The van der Waals surface area contributed by atoms with E-state index in [2.05, 4.69) is 4.72 Å². The number of rotatable bonds is 6. The molecule has 5 nitrogen and oxygen atoms in total. The molecule has 1 aromatic rings. The number of ether oxygens (including phenoxy) is 2. The Hall–Kier alpha value is -1.27. The monoisotopic (exact) mass is 287 g/mol. The van der Waals surface area contributed by atoms with E-state index in [4.69, 9.17) is 9.47 Å². The summed E-state index contributed by atoms with van der Waals surface area (Å²) in [6.45, 7) is 5.74. The largest absolute Gasteiger partial charge is 0.497 e. The highest BCUT2D eigenvalue weighted by molar-refractivity contribution is 7.89. The molecule has 1 rings (SSSR count). The lowest BCUT2D eigenvalue weighted by molar-refractivity contribution is 0.391. The van der Waals surface area contributed by atoms with Crippen LogP contribution in [0.4, 0.5) is 0 Å². The van der Waals surface area contributed by atoms with Gasteiger partial charge in [0.25, 0.3) is 0 Å². The average molecular weight is 287 g/mol. The minimum absolute atomic E-state index is 0.0850. The van der Waals surface area contributed by atoms with Gasteiger partial charge in [-0.1, -0.05) is 13.8 Å². The third-order valence-electron chi connectivity index (χ3n) is 3.00. The molecule has 0 unspecified atom stereocenters. The Labute approximate surface area is 115 Å². The molecule has 0 aromatic heterocycles. The normalized spacial score (nSPS) is 13.4. The molecule has 1 atom stereocenters. The van der Waals surface area contributed by atoms with E-state index < -0.39 is 10.0 Å². The van der Waals surface area contributed by atoms with E-state index >= 15 is 0 Å². The summed E-state index contributed by atoms with van der Waals surface area (Å²) in [5.74, 6) is 0.967. The van der Waals surface area contributed by atoms with Crippen molar-refractivity contribution < 1.29 is 17.9 Å². The smallest absolute Gasteiger partial charge is 0.244 e. The van der Waals surface area contributed by atoms with Gasteiger partial charge in [0, 0.05) is 12.1 Å². The zero-order valence-electron chi connectivity index (χ0n) is 11.9. The van der Waals surface area contributed by atoms with Crippen LogP contribution in [0.3, 0.4) is 0 Å². The maximum absolute atomic E-state index is 12.3. The van der Waals surface area contributed by atoms with Crippen LogP contribution in [0.5, 0.6) is 11.5 Å². The zero-order chi connectivity index (χ0) is 14.6. The van der Waals surface area contributed by atoms with Crippen LogP contribution in [0.2, 0.25) is 0 Å². The fourth-order valence-corrected chi connectivity index (χ4v) is 3.01. The Balaban J connectivity index is 3.19. The van der Waals surface area contributed by atoms with Crippen molar-refractivity contribution in [2.24, 2.45) is 5.92 Å². The standard InChI is InChI=1S/C13H21NO4S/c1-9(2)10(3)14-19(15,16)13-8-11(17-4)6-7-12(13)18-5/h6-10,14H,1-5H3/t10-/m1/s1. The van der Waals surface area contributed by atoms with Crippen molar-refractivity contribution in [3.05, 3.63) is 18.2 Å². The fraction of sp³-hybridized carbons (Fsp3) is 0.538. The van der Waals surface area contributed by atoms with Crippen molar-refractivity contribution in [2.45, 2.75) is 31.7 Å². The summed E-state index contributed by atoms with van der Waals surface area (Å²) >= 11 is 0. The van der Waals surface area contributed by atoms with E-state index in [-0.39, 0.29) is 16.9 Å². The lowest BCUT2D eigenvalue weighted by Gasteiger charge is -2.19. The first-order valence-electron chi connectivity index (χ1n) is 6.06. The molecule has 0 heterocycles. The van der Waals surface area contributed by atoms with Gasteiger partial charge in [-0.25, -0.2) is 13.1 Å². The number of nitrogens with one attached hydrogen (secondary N) is 1. The fourth-order valence-electron chi connectivity index (χ4n) is 1.44. The van der Waals surface area contributed by atoms with Gasteiger partial charge in [0.1, 0.15) is 16.4 Å². The van der Waals surface area contributed by atoms with Gasteiger partial charge in [0.2, 0.25) is 10.0 Å². The first-order chi connectivity index (χ1) is 8.81. The molecule has 0 aliphatic heterocycles. The molecule has 0 spiro atoms. The molecule has 0 fully saturated rings. The Bertz CT molecular complexity index is 525. The van der Waals surface area contributed by atoms with Gasteiger partial charge in [-0.2, -0.15) is 0 Å². The molecule has 108 valence electrons. The number of benzene rings is 1. The summed E-state index contributed by atoms with van der Waals surface area (Å²) in [6.07, 6.45) is 0. The third kappa shape index (κ3) is 3.84. The lowest BCUT2D eigenvalue weighted by atomic mass is 10.1. The molecule has 0 aliphatic rings. The summed E-state index contributed by atoms with van der Waals surface area (Å²) in [5, 5.41) is 0. The van der Waals surface area contributed by atoms with E-state index in [1.165, 1.54) is 20.3 Å². The first kappa shape index (κ1) is 15.8. The Kier molecular flexibility index (Phi) is 5.20. The van der Waals surface area contributed by atoms with Crippen LogP contribution >= 0.6 is 0 Å². The maximum Gasteiger partial charge on any atom is 0.244 e. The Morgan fingerprint density at radius 1 is 1.11 bits per heavy atom. The van der Waals surface area contributed by atoms with E-state index in [0.29, 0.717) is 11.5 Å². The topological polar surface area (TPSA) is 64.6 Å². The molecular weight excluding hydrogens is 266 g/mol. The lowest BCUT2D eigenvalue weighted by Crippen LogP contribution is -2.36. The number of methoxy groups -OCH3 is 2. The van der Waals surface area contributed by atoms with Gasteiger partial charge in [-0.3, -0.25) is 0 Å². The second kappa shape index (κ2) is 6.25. The summed E-state index contributed by atoms with van der Waals surface area (Å²) in [5.41, 5.74) is 0. The quantitative estimate of drug-likeness (QED) is 0.869. The minimum Gasteiger partial charge on any atom is -0.497 e. The van der Waals surface area contributed by atoms with Gasteiger partial charge >= 0.3 is 0 Å². The molecule has 0 saturated heterocycles. The van der Waals surface area contributed by atoms with Gasteiger partial charge < -0.3 is 9.47 Å². The number of hydrogen-bond acceptors (Lipinski definition) is 4. The van der Waals surface area contributed by atoms with Crippen LogP contribution in [-0.2, 0) is 10.0 Å². The maximum atomic E-state index is 12.3. The van der Waals surface area contributed by atoms with Crippen molar-refractivity contribution in [3.63, 3.8) is 0 Å². The third-order valence-corrected chi connectivity index (χ3v) is 4.58. The molecule has 0 amide bonds. The highest BCUT2D eigenvalue weighted by Gasteiger charge is 2.23. The predicted molar refractivity (Wildman–Crippen MR) is 74.2 cm³/mol. The predicted octanol–water partition coefficient (Wildman–Crippen LogP) is 2.03. The van der Waals surface area contributed by atoms with Crippen LogP contribution in [-0.4, -0.2) is 28.7 Å². The average Bonchev–Trinajstić information content (AvgIpc) is 2.37. The second-order valence-corrected chi connectivity index (χ2v) is 6.35. The van der Waals surface area contributed by atoms with E-state index in [1.807, 2.05) is 20.8 Å². The Morgan fingerprint density at radius 3 is 2.21 bits per heavy atom. The summed E-state index contributed by atoms with van der Waals surface area (Å²) in [7, 11) is -0.709. The summed E-state index contributed by atoms with van der Waals surface area (Å²) in [4.78, 5) is 0.0850. The SMILES string of the molecule is COc1ccc(OC)c(S(=O)(=O)N[C@H](C)C(C)C)c1. The van der Waals surface area contributed by atoms with Crippen molar-refractivity contribution in [2.75, 3.05) is 14.2 Å². The van der Waals surface area contributed by atoms with Crippen molar-refractivity contribution in [1.29, 1.82) is 0 Å². The van der Waals surface area contributed by atoms with E-state index in [1.54, 1.807) is 12.1 Å². The van der Waals surface area contributed by atoms with Crippen LogP contribution in [0.15, 0.2) is 23.1 Å². The van der Waals surface area contributed by atoms with Crippen LogP contribution < -0.4 is 14.2 Å². The van der Waals surface area contributed by atoms with Gasteiger partial charge in [-0.15, -0.1) is 0 Å². The molecular formula is C13H21NO4S. The summed E-state index contributed by atoms with van der Waals surface area (Å²) in [6, 6.07) is 4.52. The number of sulfonamides is 1. The zero-order valence-corrected chi connectivity index (χ0v) is 12.7. The molecule has 1 aromatic carbocycles. The van der Waals surface area contributed by atoms with E-state index in [0.717, 1.165) is 0 Å². The molecule has 0 saturated carbocycles. The van der Waals surface area contributed by atoms with Crippen LogP contribution in [0, 0.1) is 5.92 Å². The van der Waals surface area contributed by atoms with Gasteiger partial charge in [0.15, 0.2) is 0 Å². The van der Waals surface area contributed by atoms with Crippen molar-refractivity contribution in [3.8, 4) is 11.5 Å². The Morgan fingerprint density at radius 2 is 1.74 bits per heavy atom. The molecule has 0 bridgehead atoms. The molecule has 1 N–H and O–H groups in total. The number of hydrogen-bond donors (Lipinski definition) is 1. The molecule has 0 aliphatic carbocycles. The molecule has 6 heteroatoms. The van der Waals surface area contributed by atoms with E-state index in [9.17, 15) is 8.42 Å². The summed E-state index contributed by atoms with van der Waals surface area (Å²) < 4.78 is 37.5. The molecule has 0 radical (unpaired) electrons. The first-order valence-corrected chi connectivity index (χ1v) is 7.54.